The highest BCUT2D eigenvalue weighted by Crippen LogP contribution is 2.24. The fourth-order valence-corrected chi connectivity index (χ4v) is 13.4. The topological polar surface area (TPSA) is 508 Å². The maximum atomic E-state index is 15.1. The molecule has 0 spiro atoms. The van der Waals surface area contributed by atoms with E-state index in [0.717, 1.165) is 35.1 Å². The highest BCUT2D eigenvalue weighted by atomic mass is 16.5. The van der Waals surface area contributed by atoms with Crippen LogP contribution in [-0.2, 0) is 84.6 Å². The summed E-state index contributed by atoms with van der Waals surface area (Å²) in [5.74, 6) is -10.1. The Morgan fingerprint density at radius 3 is 1.92 bits per heavy atom. The summed E-state index contributed by atoms with van der Waals surface area (Å²) in [6.45, 7) is 2.63. The number of primary amides is 1. The standard InChI is InChI=1S/C79H124N16O17/c1-3-5-7-8-9-10-11-12-13-14-15-16-17-21-34-67(98)87-50-68(99)88-62(37-38-70(101)102)72(104)84-41-42-111-43-44-112-52-69(100)89-60(30-6-4-2)73(105)92-63-36-35-55(96)49-83-39-25-24-32-59(71(80)103)90-76(108)65(46-54-48-86-58-31-23-22-29-57(54)58)93-74(106)61(33-26-40-85-79(81)82)91-75(107)64(45-53-27-19-18-20-28-53)94-77(109)66-47-56(97)51-95(66)78(63)110/h18-20,22-23,27-29,31,48,56,59-66,83,86,97H,3-17,21,24-26,30,32-47,49-52H2,1-2H3,(H2,80,103)(H,84,104)(H,87,98)(H,88,99)(H,89,100)(H,90,108)(H,91,107)(H,92,105)(H,93,106)(H,94,109)(H,101,102)(H4,81,82,85)/t56-,59+,60+,61+,62?,63+,64?,65+,66+/m1/s1. The van der Waals surface area contributed by atoms with Gasteiger partial charge in [-0.25, -0.2) is 0 Å². The molecular weight excluding hydrogens is 1440 g/mol. The van der Waals surface area contributed by atoms with Gasteiger partial charge in [0.1, 0.15) is 60.7 Å². The second-order valence-electron chi connectivity index (χ2n) is 29.0. The number of carbonyl (C=O) groups is 13. The molecule has 33 nitrogen and oxygen atoms in total. The van der Waals surface area contributed by atoms with Crippen LogP contribution in [0.15, 0.2) is 60.8 Å². The lowest BCUT2D eigenvalue weighted by atomic mass is 10.0. The van der Waals surface area contributed by atoms with Crippen LogP contribution < -0.4 is 70.0 Å². The van der Waals surface area contributed by atoms with E-state index in [-0.39, 0.29) is 134 Å². The summed E-state index contributed by atoms with van der Waals surface area (Å²) in [5.41, 5.74) is 13.4. The van der Waals surface area contributed by atoms with Crippen molar-refractivity contribution >= 4 is 93.6 Å². The fourth-order valence-electron chi connectivity index (χ4n) is 13.4. The Kier molecular flexibility index (Phi) is 44.3. The average molecular weight is 1570 g/mol. The number of guanidine groups is 1. The Labute approximate surface area is 656 Å². The number of ketones is 1. The van der Waals surface area contributed by atoms with Gasteiger partial charge in [-0.2, -0.15) is 0 Å². The zero-order chi connectivity index (χ0) is 81.4. The molecule has 33 heteroatoms. The number of amides is 11. The molecule has 11 amide bonds. The van der Waals surface area contributed by atoms with Crippen LogP contribution in [0, 0.1) is 5.41 Å². The van der Waals surface area contributed by atoms with Gasteiger partial charge in [0.2, 0.25) is 65.0 Å². The van der Waals surface area contributed by atoms with Crippen LogP contribution in [0.4, 0.5) is 0 Å². The molecule has 0 bridgehead atoms. The maximum Gasteiger partial charge on any atom is 0.303 e. The molecule has 19 N–H and O–H groups in total. The number of benzene rings is 2. The van der Waals surface area contributed by atoms with E-state index >= 15 is 4.79 Å². The number of aliphatic hydroxyl groups excluding tert-OH is 1. The van der Waals surface area contributed by atoms with Crippen LogP contribution in [0.3, 0.4) is 0 Å². The Bertz CT molecular complexity index is 3470. The highest BCUT2D eigenvalue weighted by Gasteiger charge is 2.44. The second-order valence-corrected chi connectivity index (χ2v) is 29.0. The largest absolute Gasteiger partial charge is 0.481 e. The van der Waals surface area contributed by atoms with Crippen LogP contribution >= 0.6 is 0 Å². The number of nitrogens with two attached hydrogens (primary N) is 2. The third-order valence-corrected chi connectivity index (χ3v) is 19.7. The summed E-state index contributed by atoms with van der Waals surface area (Å²) in [6, 6.07) is 5.01. The quantitative estimate of drug-likeness (QED) is 0.0219. The van der Waals surface area contributed by atoms with Crippen molar-refractivity contribution in [1.82, 2.24) is 68.4 Å². The van der Waals surface area contributed by atoms with E-state index in [1.54, 1.807) is 36.5 Å². The minimum atomic E-state index is -1.52. The van der Waals surface area contributed by atoms with Gasteiger partial charge in [0.15, 0.2) is 5.96 Å². The van der Waals surface area contributed by atoms with E-state index < -0.39 is 146 Å². The minimum absolute atomic E-state index is 0.0467. The SMILES string of the molecule is CCCCCCCCCCCCCCCCC(=O)NCC(=O)NC(CCC(=O)O)C(=O)NCCOCCOCC(=O)N[C@@H](CCCC)C(=O)N[C@H]1CCC(=O)CNCCCC[C@@H](C(N)=O)NC(=O)[C@H](Cc2c[nH]c3ccccc23)NC(=O)[C@H](CCCNC(=N)N)NC(=O)C(Cc2ccccc2)NC(=O)[C@@H]2C[C@@H](O)CN2C1=O. The summed E-state index contributed by atoms with van der Waals surface area (Å²) in [7, 11) is 0. The number of hydrogen-bond donors (Lipinski definition) is 17. The van der Waals surface area contributed by atoms with Crippen molar-refractivity contribution in [1.29, 1.82) is 5.41 Å². The number of aliphatic hydroxyl groups is 1. The number of rotatable bonds is 45. The molecule has 9 atom stereocenters. The molecule has 0 aliphatic carbocycles. The van der Waals surface area contributed by atoms with Gasteiger partial charge < -0.3 is 99.5 Å². The Balaban J connectivity index is 1.21. The van der Waals surface area contributed by atoms with Crippen molar-refractivity contribution in [3.63, 3.8) is 0 Å². The molecular formula is C79H124N16O17. The van der Waals surface area contributed by atoms with Gasteiger partial charge in [0.05, 0.1) is 39.0 Å². The molecule has 3 aromatic rings. The molecule has 622 valence electrons. The number of unbranched alkanes of at least 4 members (excludes halogenated alkanes) is 14. The number of nitrogens with one attached hydrogen (secondary N) is 13. The number of fused-ring (bicyclic) bond motifs is 2. The average Bonchev–Trinajstić information content (AvgIpc) is 1.67. The summed E-state index contributed by atoms with van der Waals surface area (Å²) in [4.78, 5) is 183. The normalized spacial score (nSPS) is 19.7. The minimum Gasteiger partial charge on any atom is -0.481 e. The highest BCUT2D eigenvalue weighted by molar-refractivity contribution is 5.99. The van der Waals surface area contributed by atoms with Gasteiger partial charge in [-0.05, 0) is 81.5 Å². The van der Waals surface area contributed by atoms with Crippen LogP contribution in [0.25, 0.3) is 10.9 Å². The van der Waals surface area contributed by atoms with Crippen molar-refractivity contribution in [2.24, 2.45) is 11.5 Å². The first-order valence-electron chi connectivity index (χ1n) is 40.2. The van der Waals surface area contributed by atoms with Gasteiger partial charge in [-0.15, -0.1) is 0 Å². The lowest BCUT2D eigenvalue weighted by Crippen LogP contribution is -2.60. The van der Waals surface area contributed by atoms with Crippen molar-refractivity contribution in [2.45, 2.75) is 261 Å². The zero-order valence-electron chi connectivity index (χ0n) is 65.4. The number of carbonyl (C=O) groups excluding carboxylic acids is 12. The predicted octanol–water partition coefficient (Wildman–Crippen LogP) is 2.37. The number of aromatic nitrogens is 1. The van der Waals surface area contributed by atoms with Gasteiger partial charge in [0.25, 0.3) is 0 Å². The number of H-pyrrole nitrogens is 1. The van der Waals surface area contributed by atoms with Crippen LogP contribution in [-0.4, -0.2) is 223 Å². The number of para-hydroxylation sites is 1. The first kappa shape index (κ1) is 93.0. The molecule has 2 aliphatic heterocycles. The Hall–Kier alpha value is -9.60. The number of ether oxygens (including phenoxy) is 2. The van der Waals surface area contributed by atoms with Crippen LogP contribution in [0.5, 0.6) is 0 Å². The number of hydrogen-bond acceptors (Lipinski definition) is 18. The third-order valence-electron chi connectivity index (χ3n) is 19.7. The van der Waals surface area contributed by atoms with E-state index in [4.69, 9.17) is 26.4 Å². The Morgan fingerprint density at radius 1 is 0.616 bits per heavy atom. The molecule has 2 saturated heterocycles. The molecule has 2 fully saturated rings. The lowest BCUT2D eigenvalue weighted by molar-refractivity contribution is -0.143. The second kappa shape index (κ2) is 53.4. The summed E-state index contributed by atoms with van der Waals surface area (Å²) >= 11 is 0. The first-order chi connectivity index (χ1) is 54.0. The van der Waals surface area contributed by atoms with Gasteiger partial charge in [0, 0.05) is 75.3 Å². The molecule has 2 aromatic carbocycles. The molecule has 112 heavy (non-hydrogen) atoms. The number of carboxylic acids is 1. The summed E-state index contributed by atoms with van der Waals surface area (Å²) in [6.07, 6.45) is 17.3. The van der Waals surface area contributed by atoms with Gasteiger partial charge in [-0.1, -0.05) is 159 Å². The molecule has 5 rings (SSSR count). The monoisotopic (exact) mass is 1570 g/mol. The van der Waals surface area contributed by atoms with Crippen molar-refractivity contribution in [3.05, 3.63) is 71.9 Å². The molecule has 2 aliphatic rings. The molecule has 3 heterocycles. The van der Waals surface area contributed by atoms with E-state index in [1.807, 2.05) is 31.2 Å². The molecule has 0 radical (unpaired) electrons. The lowest BCUT2D eigenvalue weighted by Gasteiger charge is -2.31. The van der Waals surface area contributed by atoms with E-state index in [2.05, 4.69) is 70.4 Å². The van der Waals surface area contributed by atoms with Gasteiger partial charge in [-0.3, -0.25) is 67.7 Å². The summed E-state index contributed by atoms with van der Waals surface area (Å²) < 4.78 is 11.1. The Morgan fingerprint density at radius 2 is 1.23 bits per heavy atom. The number of Topliss-reactive ketones (excluding diaryl/α,β-unsaturated/α-hetero) is 1. The molecule has 0 saturated carbocycles. The van der Waals surface area contributed by atoms with Crippen molar-refractivity contribution in [3.8, 4) is 0 Å². The molecule has 2 unspecified atom stereocenters. The maximum absolute atomic E-state index is 15.1. The number of nitrogens with zero attached hydrogens (tertiary/aromatic N) is 1. The number of carboxylic acid groups (broad SMARTS) is 1. The fraction of sp³-hybridized carbons (Fsp3) is 0.646. The van der Waals surface area contributed by atoms with E-state index in [9.17, 15) is 67.7 Å². The number of aromatic amines is 1. The predicted molar refractivity (Wildman–Crippen MR) is 420 cm³/mol. The molecule has 1 aromatic heterocycles. The van der Waals surface area contributed by atoms with Crippen molar-refractivity contribution < 1.29 is 82.0 Å². The van der Waals surface area contributed by atoms with Crippen LogP contribution in [0.2, 0.25) is 0 Å². The van der Waals surface area contributed by atoms with Crippen LogP contribution in [0.1, 0.15) is 205 Å². The third kappa shape index (κ3) is 36.7. The van der Waals surface area contributed by atoms with E-state index in [0.29, 0.717) is 43.2 Å². The zero-order valence-corrected chi connectivity index (χ0v) is 65.4. The number of aliphatic carboxylic acids is 1. The van der Waals surface area contributed by atoms with E-state index in [1.165, 1.54) is 64.2 Å². The first-order valence-corrected chi connectivity index (χ1v) is 40.2. The van der Waals surface area contributed by atoms with Crippen molar-refractivity contribution in [2.75, 3.05) is 65.7 Å². The van der Waals surface area contributed by atoms with Gasteiger partial charge >= 0.3 is 5.97 Å². The summed E-state index contributed by atoms with van der Waals surface area (Å²) in [5, 5.41) is 58.9. The smallest absolute Gasteiger partial charge is 0.303 e.